The maximum absolute atomic E-state index is 13.1. The van der Waals surface area contributed by atoms with Crippen molar-refractivity contribution in [1.82, 2.24) is 0 Å². The van der Waals surface area contributed by atoms with E-state index >= 15 is 0 Å². The van der Waals surface area contributed by atoms with E-state index in [1.165, 1.54) is 70.2 Å². The number of carbonyl (C=O) groups excluding carboxylic acids is 5. The summed E-state index contributed by atoms with van der Waals surface area (Å²) in [6, 6.07) is 8.09. The van der Waals surface area contributed by atoms with Crippen LogP contribution in [0.25, 0.3) is 6.08 Å². The molecule has 0 aliphatic carbocycles. The molecule has 0 heterocycles. The molecule has 0 unspecified atom stereocenters. The van der Waals surface area contributed by atoms with E-state index in [9.17, 15) is 24.0 Å². The van der Waals surface area contributed by atoms with Gasteiger partial charge in [-0.05, 0) is 64.1 Å². The molecule has 0 spiro atoms. The van der Waals surface area contributed by atoms with Gasteiger partial charge < -0.3 is 18.9 Å². The van der Waals surface area contributed by atoms with Gasteiger partial charge in [0.2, 0.25) is 0 Å². The van der Waals surface area contributed by atoms with Crippen LogP contribution in [0.1, 0.15) is 43.6 Å². The number of benzene rings is 2. The third kappa shape index (κ3) is 8.63. The van der Waals surface area contributed by atoms with Crippen molar-refractivity contribution in [3.05, 3.63) is 102 Å². The minimum absolute atomic E-state index is 0.0138. The van der Waals surface area contributed by atoms with Crippen LogP contribution in [-0.2, 0) is 19.2 Å². The molecule has 2 aromatic carbocycles. The Morgan fingerprint density at radius 2 is 0.975 bits per heavy atom. The molecule has 206 valence electrons. The smallest absolute Gasteiger partial charge is 0.338 e. The molecule has 0 N–H and O–H groups in total. The standard InChI is InChI=1S/C31H28O9/c1-17(2)28(33)37-22-11-9-21(26(15-22)39-30(35)19(5)6)10-14-25(32)24-13-12-23(38-29(34)18(3)4)16-27(24)40-31(36)20(7)8/h9-16H,1,3,5,7H2,2,4,6,8H3/b14-10+. The first-order valence-corrected chi connectivity index (χ1v) is 11.7. The van der Waals surface area contributed by atoms with Gasteiger partial charge in [0.25, 0.3) is 0 Å². The van der Waals surface area contributed by atoms with E-state index in [1.54, 1.807) is 0 Å². The van der Waals surface area contributed by atoms with Gasteiger partial charge >= 0.3 is 23.9 Å². The first-order valence-electron chi connectivity index (χ1n) is 11.7. The molecule has 0 aromatic heterocycles. The second kappa shape index (κ2) is 13.5. The molecule has 40 heavy (non-hydrogen) atoms. The van der Waals surface area contributed by atoms with Gasteiger partial charge in [0, 0.05) is 40.0 Å². The van der Waals surface area contributed by atoms with Gasteiger partial charge in [0.1, 0.15) is 23.0 Å². The first kappa shape index (κ1) is 30.9. The maximum atomic E-state index is 13.1. The van der Waals surface area contributed by atoms with E-state index in [0.717, 1.165) is 6.08 Å². The predicted molar refractivity (Wildman–Crippen MR) is 148 cm³/mol. The highest BCUT2D eigenvalue weighted by atomic mass is 16.6. The molecule has 0 aliphatic rings. The summed E-state index contributed by atoms with van der Waals surface area (Å²) < 4.78 is 21.0. The Balaban J connectivity index is 2.47. The van der Waals surface area contributed by atoms with Gasteiger partial charge in [-0.2, -0.15) is 0 Å². The Morgan fingerprint density at radius 1 is 0.575 bits per heavy atom. The van der Waals surface area contributed by atoms with Gasteiger partial charge in [0.05, 0.1) is 5.56 Å². The van der Waals surface area contributed by atoms with Crippen LogP contribution in [0.2, 0.25) is 0 Å². The van der Waals surface area contributed by atoms with E-state index in [2.05, 4.69) is 26.3 Å². The molecule has 0 saturated heterocycles. The van der Waals surface area contributed by atoms with Crippen LogP contribution in [-0.4, -0.2) is 29.7 Å². The summed E-state index contributed by atoms with van der Waals surface area (Å²) in [7, 11) is 0. The monoisotopic (exact) mass is 544 g/mol. The van der Waals surface area contributed by atoms with Crippen molar-refractivity contribution < 1.29 is 42.9 Å². The Bertz CT molecular complexity index is 1490. The largest absolute Gasteiger partial charge is 0.423 e. The molecular weight excluding hydrogens is 516 g/mol. The zero-order chi connectivity index (χ0) is 30.1. The third-order valence-electron chi connectivity index (χ3n) is 4.84. The molecule has 9 nitrogen and oxygen atoms in total. The van der Waals surface area contributed by atoms with Crippen molar-refractivity contribution in [1.29, 1.82) is 0 Å². The highest BCUT2D eigenvalue weighted by Crippen LogP contribution is 2.30. The number of esters is 4. The molecule has 0 radical (unpaired) electrons. The van der Waals surface area contributed by atoms with Gasteiger partial charge in [-0.1, -0.05) is 26.3 Å². The average molecular weight is 545 g/mol. The van der Waals surface area contributed by atoms with Crippen molar-refractivity contribution in [2.75, 3.05) is 0 Å². The zero-order valence-electron chi connectivity index (χ0n) is 22.6. The van der Waals surface area contributed by atoms with Gasteiger partial charge in [0.15, 0.2) is 5.78 Å². The molecule has 2 rings (SSSR count). The lowest BCUT2D eigenvalue weighted by molar-refractivity contribution is -0.131. The Labute approximate surface area is 231 Å². The Morgan fingerprint density at radius 3 is 1.45 bits per heavy atom. The summed E-state index contributed by atoms with van der Waals surface area (Å²) >= 11 is 0. The van der Waals surface area contributed by atoms with Gasteiger partial charge in [-0.3, -0.25) is 4.79 Å². The van der Waals surface area contributed by atoms with Crippen molar-refractivity contribution in [3.63, 3.8) is 0 Å². The number of hydrogen-bond acceptors (Lipinski definition) is 9. The fourth-order valence-electron chi connectivity index (χ4n) is 2.68. The number of allylic oxidation sites excluding steroid dienone is 1. The van der Waals surface area contributed by atoms with Crippen molar-refractivity contribution >= 4 is 35.7 Å². The normalized spacial score (nSPS) is 10.3. The topological polar surface area (TPSA) is 122 Å². The lowest BCUT2D eigenvalue weighted by Gasteiger charge is -2.12. The minimum Gasteiger partial charge on any atom is -0.423 e. The summed E-state index contributed by atoms with van der Waals surface area (Å²) in [5, 5.41) is 0. The Kier molecular flexibility index (Phi) is 10.4. The summed E-state index contributed by atoms with van der Waals surface area (Å²) in [6.45, 7) is 19.9. The van der Waals surface area contributed by atoms with Crippen molar-refractivity contribution in [2.45, 2.75) is 27.7 Å². The number of ketones is 1. The minimum atomic E-state index is -0.796. The van der Waals surface area contributed by atoms with E-state index in [1.807, 2.05) is 0 Å². The number of hydrogen-bond donors (Lipinski definition) is 0. The molecule has 2 aromatic rings. The highest BCUT2D eigenvalue weighted by molar-refractivity contribution is 6.09. The van der Waals surface area contributed by atoms with Crippen LogP contribution in [0, 0.1) is 0 Å². The summed E-state index contributed by atoms with van der Waals surface area (Å²) in [5.74, 6) is -3.60. The summed E-state index contributed by atoms with van der Waals surface area (Å²) in [6.07, 6.45) is 2.51. The molecule has 0 aliphatic heterocycles. The second-order valence-corrected chi connectivity index (χ2v) is 8.73. The zero-order valence-corrected chi connectivity index (χ0v) is 22.6. The highest BCUT2D eigenvalue weighted by Gasteiger charge is 2.18. The lowest BCUT2D eigenvalue weighted by Crippen LogP contribution is -2.13. The maximum Gasteiger partial charge on any atom is 0.338 e. The van der Waals surface area contributed by atoms with Gasteiger partial charge in [-0.25, -0.2) is 19.2 Å². The van der Waals surface area contributed by atoms with Crippen molar-refractivity contribution in [2.24, 2.45) is 0 Å². The van der Waals surface area contributed by atoms with Gasteiger partial charge in [-0.15, -0.1) is 0 Å². The first-order chi connectivity index (χ1) is 18.7. The molecule has 0 amide bonds. The Hall–Kier alpha value is -5.31. The average Bonchev–Trinajstić information content (AvgIpc) is 2.87. The van der Waals surface area contributed by atoms with E-state index in [4.69, 9.17) is 18.9 Å². The van der Waals surface area contributed by atoms with Crippen LogP contribution >= 0.6 is 0 Å². The molecule has 9 heteroatoms. The fourth-order valence-corrected chi connectivity index (χ4v) is 2.68. The second-order valence-electron chi connectivity index (χ2n) is 8.73. The molecule has 0 fully saturated rings. The fraction of sp³-hybridized carbons (Fsp3) is 0.129. The van der Waals surface area contributed by atoms with Crippen LogP contribution in [0.5, 0.6) is 23.0 Å². The van der Waals surface area contributed by atoms with Crippen molar-refractivity contribution in [3.8, 4) is 23.0 Å². The molecule has 0 bridgehead atoms. The summed E-state index contributed by atoms with van der Waals surface area (Å²) in [4.78, 5) is 61.3. The number of carbonyl (C=O) groups is 5. The molecule has 0 saturated carbocycles. The third-order valence-corrected chi connectivity index (χ3v) is 4.84. The number of ether oxygens (including phenoxy) is 4. The van der Waals surface area contributed by atoms with Crippen LogP contribution < -0.4 is 18.9 Å². The van der Waals surface area contributed by atoms with E-state index in [-0.39, 0.29) is 56.4 Å². The molecular formula is C31H28O9. The lowest BCUT2D eigenvalue weighted by atomic mass is 10.1. The quantitative estimate of drug-likeness (QED) is 0.156. The van der Waals surface area contributed by atoms with Crippen LogP contribution in [0.15, 0.2) is 91.1 Å². The van der Waals surface area contributed by atoms with Crippen LogP contribution in [0.4, 0.5) is 0 Å². The SMILES string of the molecule is C=C(C)C(=O)Oc1ccc(/C=C/C(=O)c2ccc(OC(=O)C(=C)C)cc2OC(=O)C(=C)C)c(OC(=O)C(=C)C)c1. The van der Waals surface area contributed by atoms with E-state index < -0.39 is 29.7 Å². The molecule has 0 atom stereocenters. The summed E-state index contributed by atoms with van der Waals surface area (Å²) in [5.41, 5.74) is 0.756. The predicted octanol–water partition coefficient (Wildman–Crippen LogP) is 5.51. The number of rotatable bonds is 11. The van der Waals surface area contributed by atoms with E-state index in [0.29, 0.717) is 0 Å². The van der Waals surface area contributed by atoms with Crippen LogP contribution in [0.3, 0.4) is 0 Å².